The van der Waals surface area contributed by atoms with Crippen molar-refractivity contribution in [3.63, 3.8) is 0 Å². The number of fused-ring (bicyclic) bond motifs is 1. The number of hydrogen-bond acceptors (Lipinski definition) is 5. The van der Waals surface area contributed by atoms with Gasteiger partial charge in [-0.3, -0.25) is 10.1 Å². The first-order valence-corrected chi connectivity index (χ1v) is 9.44. The number of nitrogens with zero attached hydrogens (tertiary/aromatic N) is 3. The fraction of sp³-hybridized carbons (Fsp3) is 0.0435. The van der Waals surface area contributed by atoms with E-state index in [2.05, 4.69) is 25.5 Å². The van der Waals surface area contributed by atoms with Gasteiger partial charge in [-0.25, -0.2) is 4.98 Å². The Morgan fingerprint density at radius 3 is 2.47 bits per heavy atom. The van der Waals surface area contributed by atoms with Crippen LogP contribution in [0.1, 0.15) is 15.9 Å². The summed E-state index contributed by atoms with van der Waals surface area (Å²) in [5.74, 6) is 0.704. The summed E-state index contributed by atoms with van der Waals surface area (Å²) in [5.41, 5.74) is 4.79. The molecule has 2 N–H and O–H groups in total. The first-order valence-electron chi connectivity index (χ1n) is 9.44. The normalized spacial score (nSPS) is 11.0. The number of aryl methyl sites for hydroxylation is 1. The standard InChI is InChI=1S/C23H17N5O2/c1-14-8-2-3-9-15(14)21(29)26-23-28-27-22(30-23)17-11-5-4-10-16(17)20-24-18-12-6-7-13-19(18)25-20/h2-13H,1H3,(H,24,25)(H,26,28,29). The Morgan fingerprint density at radius 2 is 1.63 bits per heavy atom. The van der Waals surface area contributed by atoms with E-state index in [1.54, 1.807) is 6.07 Å². The highest BCUT2D eigenvalue weighted by Crippen LogP contribution is 2.31. The molecule has 30 heavy (non-hydrogen) atoms. The van der Waals surface area contributed by atoms with E-state index in [9.17, 15) is 4.79 Å². The summed E-state index contributed by atoms with van der Waals surface area (Å²) in [6.07, 6.45) is 0. The third kappa shape index (κ3) is 3.22. The smallest absolute Gasteiger partial charge is 0.322 e. The average Bonchev–Trinajstić information content (AvgIpc) is 3.41. The van der Waals surface area contributed by atoms with Crippen LogP contribution in [0.25, 0.3) is 33.9 Å². The molecule has 1 amide bonds. The van der Waals surface area contributed by atoms with E-state index in [1.807, 2.05) is 73.7 Å². The molecule has 0 aliphatic rings. The quantitative estimate of drug-likeness (QED) is 0.454. The number of carbonyl (C=O) groups is 1. The zero-order chi connectivity index (χ0) is 20.5. The highest BCUT2D eigenvalue weighted by Gasteiger charge is 2.18. The van der Waals surface area contributed by atoms with Crippen molar-refractivity contribution < 1.29 is 9.21 Å². The molecule has 3 aromatic carbocycles. The third-order valence-electron chi connectivity index (χ3n) is 4.84. The molecule has 0 fully saturated rings. The number of para-hydroxylation sites is 2. The molecule has 0 unspecified atom stereocenters. The van der Waals surface area contributed by atoms with Crippen molar-refractivity contribution >= 4 is 23.0 Å². The van der Waals surface area contributed by atoms with Crippen LogP contribution in [0.3, 0.4) is 0 Å². The van der Waals surface area contributed by atoms with Crippen molar-refractivity contribution in [1.82, 2.24) is 20.2 Å². The maximum absolute atomic E-state index is 12.5. The van der Waals surface area contributed by atoms with Gasteiger partial charge in [0, 0.05) is 16.7 Å². The number of imidazole rings is 1. The minimum Gasteiger partial charge on any atom is -0.403 e. The van der Waals surface area contributed by atoms with Crippen LogP contribution in [-0.2, 0) is 0 Å². The first kappa shape index (κ1) is 17.8. The SMILES string of the molecule is Cc1ccccc1C(=O)Nc1nnc(-c2ccccc2-c2nc3ccccc3[nH]2)o1. The number of aromatic amines is 1. The van der Waals surface area contributed by atoms with E-state index >= 15 is 0 Å². The summed E-state index contributed by atoms with van der Waals surface area (Å²) in [4.78, 5) is 20.5. The lowest BCUT2D eigenvalue weighted by atomic mass is 10.1. The second-order valence-electron chi connectivity index (χ2n) is 6.83. The van der Waals surface area contributed by atoms with Gasteiger partial charge in [-0.15, -0.1) is 5.10 Å². The third-order valence-corrected chi connectivity index (χ3v) is 4.84. The molecule has 2 aromatic heterocycles. The average molecular weight is 395 g/mol. The second-order valence-corrected chi connectivity index (χ2v) is 6.83. The Balaban J connectivity index is 1.47. The molecule has 0 bridgehead atoms. The van der Waals surface area contributed by atoms with Gasteiger partial charge in [0.25, 0.3) is 11.8 Å². The van der Waals surface area contributed by atoms with E-state index in [0.29, 0.717) is 17.3 Å². The topological polar surface area (TPSA) is 96.7 Å². The van der Waals surface area contributed by atoms with Crippen LogP contribution in [0.5, 0.6) is 0 Å². The maximum Gasteiger partial charge on any atom is 0.322 e. The molecule has 7 heteroatoms. The van der Waals surface area contributed by atoms with Gasteiger partial charge < -0.3 is 9.40 Å². The molecule has 0 aliphatic heterocycles. The van der Waals surface area contributed by atoms with Crippen LogP contribution in [-0.4, -0.2) is 26.1 Å². The predicted molar refractivity (Wildman–Crippen MR) is 114 cm³/mol. The van der Waals surface area contributed by atoms with Crippen LogP contribution in [0.2, 0.25) is 0 Å². The van der Waals surface area contributed by atoms with Crippen molar-refractivity contribution in [3.8, 4) is 22.8 Å². The summed E-state index contributed by atoms with van der Waals surface area (Å²) < 4.78 is 5.74. The highest BCUT2D eigenvalue weighted by atomic mass is 16.4. The van der Waals surface area contributed by atoms with Gasteiger partial charge in [0.1, 0.15) is 5.82 Å². The fourth-order valence-electron chi connectivity index (χ4n) is 3.33. The molecule has 5 aromatic rings. The summed E-state index contributed by atoms with van der Waals surface area (Å²) in [5, 5.41) is 10.8. The lowest BCUT2D eigenvalue weighted by molar-refractivity contribution is 0.102. The summed E-state index contributed by atoms with van der Waals surface area (Å²) >= 11 is 0. The molecule has 0 atom stereocenters. The van der Waals surface area contributed by atoms with Gasteiger partial charge in [-0.05, 0) is 36.8 Å². The number of hydrogen-bond donors (Lipinski definition) is 2. The molecule has 7 nitrogen and oxygen atoms in total. The Hall–Kier alpha value is -4.26. The van der Waals surface area contributed by atoms with E-state index in [-0.39, 0.29) is 11.9 Å². The monoisotopic (exact) mass is 395 g/mol. The van der Waals surface area contributed by atoms with Crippen LogP contribution >= 0.6 is 0 Å². The van der Waals surface area contributed by atoms with Gasteiger partial charge in [0.2, 0.25) is 0 Å². The lowest BCUT2D eigenvalue weighted by Crippen LogP contribution is -2.13. The Morgan fingerprint density at radius 1 is 0.900 bits per heavy atom. The van der Waals surface area contributed by atoms with Gasteiger partial charge in [0.15, 0.2) is 0 Å². The van der Waals surface area contributed by atoms with Crippen molar-refractivity contribution in [1.29, 1.82) is 0 Å². The van der Waals surface area contributed by atoms with Crippen LogP contribution in [0, 0.1) is 6.92 Å². The molecule has 2 heterocycles. The Bertz CT molecular complexity index is 1340. The molecular weight excluding hydrogens is 378 g/mol. The number of amides is 1. The predicted octanol–water partition coefficient (Wildman–Crippen LogP) is 4.84. The van der Waals surface area contributed by atoms with E-state index in [4.69, 9.17) is 4.42 Å². The van der Waals surface area contributed by atoms with E-state index in [0.717, 1.165) is 27.7 Å². The van der Waals surface area contributed by atoms with Crippen LogP contribution < -0.4 is 5.32 Å². The highest BCUT2D eigenvalue weighted by molar-refractivity contribution is 6.04. The number of carbonyl (C=O) groups excluding carboxylic acids is 1. The van der Waals surface area contributed by atoms with Crippen molar-refractivity contribution in [2.45, 2.75) is 6.92 Å². The number of benzene rings is 3. The molecule has 0 spiro atoms. The molecular formula is C23H17N5O2. The van der Waals surface area contributed by atoms with Crippen molar-refractivity contribution in [2.75, 3.05) is 5.32 Å². The largest absolute Gasteiger partial charge is 0.403 e. The molecule has 0 aliphatic carbocycles. The summed E-state index contributed by atoms with van der Waals surface area (Å²) in [7, 11) is 0. The van der Waals surface area contributed by atoms with Gasteiger partial charge in [-0.1, -0.05) is 53.6 Å². The van der Waals surface area contributed by atoms with Crippen LogP contribution in [0.4, 0.5) is 6.01 Å². The van der Waals surface area contributed by atoms with E-state index in [1.165, 1.54) is 0 Å². The lowest BCUT2D eigenvalue weighted by Gasteiger charge is -2.04. The molecule has 0 saturated heterocycles. The van der Waals surface area contributed by atoms with Gasteiger partial charge in [-0.2, -0.15) is 0 Å². The second kappa shape index (κ2) is 7.29. The zero-order valence-corrected chi connectivity index (χ0v) is 16.1. The molecule has 0 saturated carbocycles. The molecule has 5 rings (SSSR count). The molecule has 0 radical (unpaired) electrons. The first-order chi connectivity index (χ1) is 14.7. The van der Waals surface area contributed by atoms with E-state index < -0.39 is 0 Å². The molecule has 146 valence electrons. The van der Waals surface area contributed by atoms with Gasteiger partial charge in [0.05, 0.1) is 11.0 Å². The fourth-order valence-corrected chi connectivity index (χ4v) is 3.33. The van der Waals surface area contributed by atoms with Crippen molar-refractivity contribution in [3.05, 3.63) is 83.9 Å². The summed E-state index contributed by atoms with van der Waals surface area (Å²) in [6.45, 7) is 1.87. The zero-order valence-electron chi connectivity index (χ0n) is 16.1. The summed E-state index contributed by atoms with van der Waals surface area (Å²) in [6, 6.07) is 22.8. The number of anilines is 1. The van der Waals surface area contributed by atoms with Crippen molar-refractivity contribution in [2.24, 2.45) is 0 Å². The number of nitrogens with one attached hydrogen (secondary N) is 2. The number of H-pyrrole nitrogens is 1. The Kier molecular flexibility index (Phi) is 4.33. The maximum atomic E-state index is 12.5. The number of aromatic nitrogens is 4. The Labute approximate surface area is 171 Å². The van der Waals surface area contributed by atoms with Gasteiger partial charge >= 0.3 is 6.01 Å². The van der Waals surface area contributed by atoms with Crippen LogP contribution in [0.15, 0.2) is 77.2 Å². The minimum absolute atomic E-state index is 0.0395. The minimum atomic E-state index is -0.297. The number of rotatable bonds is 4.